The van der Waals surface area contributed by atoms with Crippen LogP contribution in [-0.4, -0.2) is 16.1 Å². The van der Waals surface area contributed by atoms with E-state index in [0.29, 0.717) is 6.07 Å². The summed E-state index contributed by atoms with van der Waals surface area (Å²) >= 11 is 0. The van der Waals surface area contributed by atoms with Gasteiger partial charge in [-0.1, -0.05) is 0 Å². The highest BCUT2D eigenvalue weighted by molar-refractivity contribution is 5.86. The van der Waals surface area contributed by atoms with Gasteiger partial charge in [0.2, 0.25) is 5.95 Å². The molecule has 1 aromatic rings. The normalized spacial score (nSPS) is 10.6. The highest BCUT2D eigenvalue weighted by Gasteiger charge is 2.21. The summed E-state index contributed by atoms with van der Waals surface area (Å²) in [6.45, 7) is 0. The fourth-order valence-corrected chi connectivity index (χ4v) is 0.868. The van der Waals surface area contributed by atoms with E-state index in [1.807, 2.05) is 0 Å². The first kappa shape index (κ1) is 10.3. The Morgan fingerprint density at radius 3 is 2.50 bits per heavy atom. The van der Waals surface area contributed by atoms with Gasteiger partial charge in [0.25, 0.3) is 6.43 Å². The van der Waals surface area contributed by atoms with E-state index in [1.54, 1.807) is 0 Å². The van der Waals surface area contributed by atoms with Gasteiger partial charge in [-0.15, -0.1) is 0 Å². The van der Waals surface area contributed by atoms with Crippen LogP contribution >= 0.6 is 0 Å². The van der Waals surface area contributed by atoms with Gasteiger partial charge in [-0.3, -0.25) is 0 Å². The molecule has 0 unspecified atom stereocenters. The lowest BCUT2D eigenvalue weighted by molar-refractivity contribution is 0.0688. The van der Waals surface area contributed by atoms with E-state index in [2.05, 4.69) is 4.98 Å². The van der Waals surface area contributed by atoms with Crippen molar-refractivity contribution in [3.63, 3.8) is 0 Å². The number of nitrogens with two attached hydrogens (primary N) is 1. The largest absolute Gasteiger partial charge is 0.477 e. The molecule has 0 aliphatic rings. The Hall–Kier alpha value is -1.79. The van der Waals surface area contributed by atoms with Gasteiger partial charge in [0.15, 0.2) is 5.69 Å². The van der Waals surface area contributed by atoms with Gasteiger partial charge in [-0.05, 0) is 6.07 Å². The number of alkyl halides is 2. The van der Waals surface area contributed by atoms with Crippen molar-refractivity contribution in [2.45, 2.75) is 6.43 Å². The number of rotatable bonds is 2. The molecular formula is C7H5F3N2O2. The Kier molecular flexibility index (Phi) is 2.59. The predicted octanol–water partition coefficient (Wildman–Crippen LogP) is 1.44. The molecule has 76 valence electrons. The van der Waals surface area contributed by atoms with E-state index in [-0.39, 0.29) is 0 Å². The second-order valence-electron chi connectivity index (χ2n) is 2.41. The van der Waals surface area contributed by atoms with Gasteiger partial charge in [-0.25, -0.2) is 18.6 Å². The minimum Gasteiger partial charge on any atom is -0.477 e. The van der Waals surface area contributed by atoms with Crippen molar-refractivity contribution in [2.24, 2.45) is 0 Å². The molecule has 1 aromatic heterocycles. The zero-order chi connectivity index (χ0) is 10.9. The van der Waals surface area contributed by atoms with E-state index in [9.17, 15) is 18.0 Å². The van der Waals surface area contributed by atoms with Crippen molar-refractivity contribution in [1.82, 2.24) is 4.98 Å². The van der Waals surface area contributed by atoms with Gasteiger partial charge in [0, 0.05) is 5.69 Å². The lowest BCUT2D eigenvalue weighted by atomic mass is 10.2. The van der Waals surface area contributed by atoms with Crippen LogP contribution in [0.15, 0.2) is 6.07 Å². The third-order valence-electron chi connectivity index (χ3n) is 1.48. The second-order valence-corrected chi connectivity index (χ2v) is 2.41. The van der Waals surface area contributed by atoms with Gasteiger partial charge >= 0.3 is 5.97 Å². The minimum absolute atomic E-state index is 0.620. The first-order valence-corrected chi connectivity index (χ1v) is 3.41. The number of halogens is 3. The molecule has 0 radical (unpaired) electrons. The third kappa shape index (κ3) is 1.76. The Morgan fingerprint density at radius 2 is 2.14 bits per heavy atom. The van der Waals surface area contributed by atoms with E-state index < -0.39 is 35.3 Å². The molecule has 0 atom stereocenters. The first-order chi connectivity index (χ1) is 6.43. The number of nitrogens with zero attached hydrogens (tertiary/aromatic N) is 1. The summed E-state index contributed by atoms with van der Waals surface area (Å²) in [5.41, 5.74) is 2.64. The quantitative estimate of drug-likeness (QED) is 0.717. The monoisotopic (exact) mass is 206 g/mol. The van der Waals surface area contributed by atoms with E-state index >= 15 is 0 Å². The SMILES string of the molecule is Nc1cc(C(=O)O)nc(F)c1C(F)F. The first-order valence-electron chi connectivity index (χ1n) is 3.41. The number of aromatic nitrogens is 1. The molecule has 0 bridgehead atoms. The van der Waals surface area contributed by atoms with Gasteiger partial charge in [-0.2, -0.15) is 4.39 Å². The molecule has 0 aliphatic carbocycles. The predicted molar refractivity (Wildman–Crippen MR) is 40.5 cm³/mol. The van der Waals surface area contributed by atoms with Crippen LogP contribution in [0.4, 0.5) is 18.9 Å². The second kappa shape index (κ2) is 3.52. The van der Waals surface area contributed by atoms with Crippen molar-refractivity contribution in [2.75, 3.05) is 5.73 Å². The van der Waals surface area contributed by atoms with E-state index in [1.165, 1.54) is 0 Å². The van der Waals surface area contributed by atoms with Crippen LogP contribution in [0.1, 0.15) is 22.5 Å². The van der Waals surface area contributed by atoms with E-state index in [4.69, 9.17) is 10.8 Å². The van der Waals surface area contributed by atoms with Crippen LogP contribution in [0.25, 0.3) is 0 Å². The number of carboxylic acid groups (broad SMARTS) is 1. The molecule has 3 N–H and O–H groups in total. The smallest absolute Gasteiger partial charge is 0.354 e. The van der Waals surface area contributed by atoms with Crippen LogP contribution in [0, 0.1) is 5.95 Å². The Labute approximate surface area is 76.2 Å². The molecule has 0 aromatic carbocycles. The molecule has 0 spiro atoms. The Morgan fingerprint density at radius 1 is 1.57 bits per heavy atom. The third-order valence-corrected chi connectivity index (χ3v) is 1.48. The molecule has 0 fully saturated rings. The molecule has 1 rings (SSSR count). The summed E-state index contributed by atoms with van der Waals surface area (Å²) in [6.07, 6.45) is -3.12. The fourth-order valence-electron chi connectivity index (χ4n) is 0.868. The molecule has 4 nitrogen and oxygen atoms in total. The zero-order valence-electron chi connectivity index (χ0n) is 6.67. The van der Waals surface area contributed by atoms with E-state index in [0.717, 1.165) is 0 Å². The zero-order valence-corrected chi connectivity index (χ0v) is 6.67. The average molecular weight is 206 g/mol. The number of hydrogen-bond donors (Lipinski definition) is 2. The fraction of sp³-hybridized carbons (Fsp3) is 0.143. The van der Waals surface area contributed by atoms with Crippen LogP contribution in [0.2, 0.25) is 0 Å². The van der Waals surface area contributed by atoms with Crippen molar-refractivity contribution >= 4 is 11.7 Å². The van der Waals surface area contributed by atoms with Crippen LogP contribution in [0.5, 0.6) is 0 Å². The van der Waals surface area contributed by atoms with Crippen LogP contribution in [-0.2, 0) is 0 Å². The summed E-state index contributed by atoms with van der Waals surface area (Å²) in [7, 11) is 0. The number of pyridine rings is 1. The minimum atomic E-state index is -3.12. The van der Waals surface area contributed by atoms with Crippen molar-refractivity contribution < 1.29 is 23.1 Å². The number of aromatic carboxylic acids is 1. The van der Waals surface area contributed by atoms with Crippen LogP contribution in [0.3, 0.4) is 0 Å². The van der Waals surface area contributed by atoms with Crippen molar-refractivity contribution in [3.05, 3.63) is 23.3 Å². The standard InChI is InChI=1S/C7H5F3N2O2/c8-5(9)4-2(11)1-3(7(13)14)12-6(4)10/h1,5H,(H2,11,12)(H,13,14). The molecule has 14 heavy (non-hydrogen) atoms. The maximum atomic E-state index is 12.8. The van der Waals surface area contributed by atoms with Crippen molar-refractivity contribution in [1.29, 1.82) is 0 Å². The number of nitrogen functional groups attached to an aromatic ring is 1. The summed E-state index contributed by atoms with van der Waals surface area (Å²) in [5.74, 6) is -3.09. The van der Waals surface area contributed by atoms with Gasteiger partial charge in [0.1, 0.15) is 0 Å². The summed E-state index contributed by atoms with van der Waals surface area (Å²) < 4.78 is 37.0. The topological polar surface area (TPSA) is 76.2 Å². The summed E-state index contributed by atoms with van der Waals surface area (Å²) in [6, 6.07) is 0.687. The highest BCUT2D eigenvalue weighted by atomic mass is 19.3. The number of carboxylic acids is 1. The van der Waals surface area contributed by atoms with Crippen molar-refractivity contribution in [3.8, 4) is 0 Å². The molecular weight excluding hydrogens is 201 g/mol. The van der Waals surface area contributed by atoms with Gasteiger partial charge < -0.3 is 10.8 Å². The lowest BCUT2D eigenvalue weighted by Crippen LogP contribution is -2.08. The lowest BCUT2D eigenvalue weighted by Gasteiger charge is -2.05. The molecule has 0 saturated carbocycles. The maximum absolute atomic E-state index is 12.8. The number of hydrogen-bond acceptors (Lipinski definition) is 3. The van der Waals surface area contributed by atoms with Crippen LogP contribution < -0.4 is 5.73 Å². The number of carbonyl (C=O) groups is 1. The summed E-state index contributed by atoms with van der Waals surface area (Å²) in [5, 5.41) is 8.39. The van der Waals surface area contributed by atoms with Gasteiger partial charge in [0.05, 0.1) is 5.56 Å². The molecule has 7 heteroatoms. The Bertz CT molecular complexity index is 358. The number of anilines is 1. The molecule has 0 aliphatic heterocycles. The maximum Gasteiger partial charge on any atom is 0.354 e. The molecule has 1 heterocycles. The Balaban J connectivity index is 3.32. The average Bonchev–Trinajstić information content (AvgIpc) is 2.01. The molecule has 0 saturated heterocycles. The highest BCUT2D eigenvalue weighted by Crippen LogP contribution is 2.27. The summed E-state index contributed by atoms with van der Waals surface area (Å²) in [4.78, 5) is 13.1. The molecule has 0 amide bonds.